The van der Waals surface area contributed by atoms with Crippen molar-refractivity contribution in [2.45, 2.75) is 50.9 Å². The normalized spacial score (nSPS) is 18.9. The van der Waals surface area contributed by atoms with Crippen molar-refractivity contribution in [3.05, 3.63) is 16.3 Å². The molecule has 2 aromatic rings. The zero-order chi connectivity index (χ0) is 13.7. The molecule has 0 radical (unpaired) electrons. The van der Waals surface area contributed by atoms with E-state index in [1.807, 2.05) is 11.7 Å². The van der Waals surface area contributed by atoms with E-state index >= 15 is 0 Å². The number of nitrogen functional groups attached to an aromatic ring is 1. The third kappa shape index (κ3) is 1.79. The summed E-state index contributed by atoms with van der Waals surface area (Å²) in [5.74, 6) is 2.56. The van der Waals surface area contributed by atoms with Crippen molar-refractivity contribution in [2.24, 2.45) is 7.05 Å². The number of nitrogens with two attached hydrogens (primary N) is 1. The van der Waals surface area contributed by atoms with E-state index in [0.29, 0.717) is 5.92 Å². The molecule has 2 heterocycles. The fraction of sp³-hybridized carbons (Fsp3) is 0.600. The average molecular weight is 288 g/mol. The van der Waals surface area contributed by atoms with Crippen LogP contribution in [0.5, 0.6) is 0 Å². The lowest BCUT2D eigenvalue weighted by Gasteiger charge is -2.02. The molecular formula is C15H20N4S. The quantitative estimate of drug-likeness (QED) is 0.922. The number of thiophene rings is 1. The Morgan fingerprint density at radius 2 is 2.00 bits per heavy atom. The molecule has 4 rings (SSSR count). The van der Waals surface area contributed by atoms with Gasteiger partial charge < -0.3 is 5.73 Å². The molecule has 5 heteroatoms. The van der Waals surface area contributed by atoms with Crippen LogP contribution in [0.15, 0.2) is 0 Å². The van der Waals surface area contributed by atoms with Gasteiger partial charge in [-0.2, -0.15) is 5.10 Å². The van der Waals surface area contributed by atoms with Gasteiger partial charge in [0.25, 0.3) is 0 Å². The van der Waals surface area contributed by atoms with E-state index in [0.717, 1.165) is 23.1 Å². The number of aryl methyl sites for hydroxylation is 2. The lowest BCUT2D eigenvalue weighted by atomic mass is 10.1. The standard InChI is InChI=1S/C15H20N4S/c1-19-15(17-14(18-19)9-5-2-3-6-9)12-10-7-4-8-11(10)20-13(12)16/h9H,2-8,16H2,1H3. The first-order valence-electron chi connectivity index (χ1n) is 7.55. The minimum Gasteiger partial charge on any atom is -0.390 e. The molecule has 2 aliphatic rings. The van der Waals surface area contributed by atoms with E-state index in [1.54, 1.807) is 11.3 Å². The van der Waals surface area contributed by atoms with Gasteiger partial charge in [0, 0.05) is 17.8 Å². The van der Waals surface area contributed by atoms with Gasteiger partial charge in [0.1, 0.15) is 0 Å². The summed E-state index contributed by atoms with van der Waals surface area (Å²) in [6.45, 7) is 0. The zero-order valence-corrected chi connectivity index (χ0v) is 12.7. The highest BCUT2D eigenvalue weighted by atomic mass is 32.1. The molecule has 20 heavy (non-hydrogen) atoms. The topological polar surface area (TPSA) is 56.7 Å². The summed E-state index contributed by atoms with van der Waals surface area (Å²) in [4.78, 5) is 6.31. The predicted molar refractivity (Wildman–Crippen MR) is 82.0 cm³/mol. The number of anilines is 1. The van der Waals surface area contributed by atoms with Gasteiger partial charge in [-0.05, 0) is 37.7 Å². The second-order valence-corrected chi connectivity index (χ2v) is 7.13. The maximum Gasteiger partial charge on any atom is 0.161 e. The second-order valence-electron chi connectivity index (χ2n) is 6.00. The van der Waals surface area contributed by atoms with Gasteiger partial charge >= 0.3 is 0 Å². The molecule has 1 saturated carbocycles. The molecule has 0 saturated heterocycles. The van der Waals surface area contributed by atoms with Crippen molar-refractivity contribution >= 4 is 16.3 Å². The number of nitrogens with zero attached hydrogens (tertiary/aromatic N) is 3. The smallest absolute Gasteiger partial charge is 0.161 e. The van der Waals surface area contributed by atoms with Crippen LogP contribution in [-0.4, -0.2) is 14.8 Å². The Hall–Kier alpha value is -1.36. The number of fused-ring (bicyclic) bond motifs is 1. The van der Waals surface area contributed by atoms with Crippen LogP contribution < -0.4 is 5.73 Å². The summed E-state index contributed by atoms with van der Waals surface area (Å²) in [7, 11) is 2.00. The van der Waals surface area contributed by atoms with Crippen LogP contribution in [-0.2, 0) is 19.9 Å². The van der Waals surface area contributed by atoms with E-state index in [1.165, 1.54) is 54.5 Å². The van der Waals surface area contributed by atoms with Gasteiger partial charge in [-0.3, -0.25) is 0 Å². The van der Waals surface area contributed by atoms with Crippen LogP contribution in [0.3, 0.4) is 0 Å². The molecule has 2 aromatic heterocycles. The molecule has 0 bridgehead atoms. The van der Waals surface area contributed by atoms with Crippen LogP contribution in [0.2, 0.25) is 0 Å². The van der Waals surface area contributed by atoms with E-state index < -0.39 is 0 Å². The van der Waals surface area contributed by atoms with Crippen molar-refractivity contribution in [1.29, 1.82) is 0 Å². The third-order valence-corrected chi connectivity index (χ3v) is 5.79. The Morgan fingerprint density at radius 1 is 1.20 bits per heavy atom. The van der Waals surface area contributed by atoms with Crippen LogP contribution in [0, 0.1) is 0 Å². The lowest BCUT2D eigenvalue weighted by Crippen LogP contribution is -1.98. The van der Waals surface area contributed by atoms with E-state index in [9.17, 15) is 0 Å². The van der Waals surface area contributed by atoms with E-state index in [2.05, 4.69) is 5.10 Å². The maximum atomic E-state index is 6.25. The molecule has 2 N–H and O–H groups in total. The molecule has 0 spiro atoms. The number of rotatable bonds is 2. The largest absolute Gasteiger partial charge is 0.390 e. The highest BCUT2D eigenvalue weighted by molar-refractivity contribution is 7.16. The first-order chi connectivity index (χ1) is 9.74. The minimum absolute atomic E-state index is 0.558. The maximum absolute atomic E-state index is 6.25. The summed E-state index contributed by atoms with van der Waals surface area (Å²) in [5.41, 5.74) is 8.85. The van der Waals surface area contributed by atoms with Crippen LogP contribution in [0.25, 0.3) is 11.4 Å². The van der Waals surface area contributed by atoms with Gasteiger partial charge in [0.2, 0.25) is 0 Å². The molecule has 4 nitrogen and oxygen atoms in total. The Kier molecular flexibility index (Phi) is 2.84. The molecule has 0 amide bonds. The first kappa shape index (κ1) is 12.4. The average Bonchev–Trinajstić information content (AvgIpc) is 3.13. The molecule has 1 fully saturated rings. The van der Waals surface area contributed by atoms with E-state index in [-0.39, 0.29) is 0 Å². The molecule has 0 aliphatic heterocycles. The summed E-state index contributed by atoms with van der Waals surface area (Å²) < 4.78 is 1.94. The summed E-state index contributed by atoms with van der Waals surface area (Å²) in [5, 5.41) is 5.59. The Balaban J connectivity index is 1.79. The zero-order valence-electron chi connectivity index (χ0n) is 11.9. The Bertz CT molecular complexity index is 649. The Morgan fingerprint density at radius 3 is 2.80 bits per heavy atom. The Labute approximate surface area is 123 Å². The number of hydrogen-bond donors (Lipinski definition) is 1. The number of hydrogen-bond acceptors (Lipinski definition) is 4. The molecule has 106 valence electrons. The molecule has 0 unspecified atom stereocenters. The van der Waals surface area contributed by atoms with Gasteiger partial charge in [-0.1, -0.05) is 12.8 Å². The van der Waals surface area contributed by atoms with Crippen LogP contribution in [0.4, 0.5) is 5.00 Å². The highest BCUT2D eigenvalue weighted by Crippen LogP contribution is 2.43. The molecule has 2 aliphatic carbocycles. The first-order valence-corrected chi connectivity index (χ1v) is 8.37. The fourth-order valence-electron chi connectivity index (χ4n) is 3.65. The van der Waals surface area contributed by atoms with Gasteiger partial charge in [-0.15, -0.1) is 11.3 Å². The molecule has 0 aromatic carbocycles. The second kappa shape index (κ2) is 4.58. The summed E-state index contributed by atoms with van der Waals surface area (Å²) in [6, 6.07) is 0. The SMILES string of the molecule is Cn1nc(C2CCCC2)nc1-c1c(N)sc2c1CCC2. The summed E-state index contributed by atoms with van der Waals surface area (Å²) in [6.07, 6.45) is 8.67. The van der Waals surface area contributed by atoms with Gasteiger partial charge in [-0.25, -0.2) is 9.67 Å². The van der Waals surface area contributed by atoms with Gasteiger partial charge in [0.15, 0.2) is 11.6 Å². The highest BCUT2D eigenvalue weighted by Gasteiger charge is 2.27. The number of aromatic nitrogens is 3. The van der Waals surface area contributed by atoms with Crippen molar-refractivity contribution < 1.29 is 0 Å². The molecule has 0 atom stereocenters. The van der Waals surface area contributed by atoms with E-state index in [4.69, 9.17) is 10.7 Å². The minimum atomic E-state index is 0.558. The lowest BCUT2D eigenvalue weighted by molar-refractivity contribution is 0.648. The van der Waals surface area contributed by atoms with Gasteiger partial charge in [0.05, 0.1) is 10.6 Å². The summed E-state index contributed by atoms with van der Waals surface area (Å²) >= 11 is 1.75. The van der Waals surface area contributed by atoms with Crippen molar-refractivity contribution in [1.82, 2.24) is 14.8 Å². The van der Waals surface area contributed by atoms with Crippen molar-refractivity contribution in [2.75, 3.05) is 5.73 Å². The van der Waals surface area contributed by atoms with Crippen molar-refractivity contribution in [3.63, 3.8) is 0 Å². The fourth-order valence-corrected chi connectivity index (χ4v) is 4.81. The predicted octanol–water partition coefficient (Wildman–Crippen LogP) is 3.27. The van der Waals surface area contributed by atoms with Crippen molar-refractivity contribution in [3.8, 4) is 11.4 Å². The van der Waals surface area contributed by atoms with Crippen LogP contribution >= 0.6 is 11.3 Å². The molecular weight excluding hydrogens is 268 g/mol. The van der Waals surface area contributed by atoms with Crippen LogP contribution in [0.1, 0.15) is 54.3 Å². The monoisotopic (exact) mass is 288 g/mol. The third-order valence-electron chi connectivity index (χ3n) is 4.67.